The Balaban J connectivity index is 1.26. The molecule has 0 radical (unpaired) electrons. The first-order chi connectivity index (χ1) is 26.5. The molecule has 284 valence electrons. The summed E-state index contributed by atoms with van der Waals surface area (Å²) in [5.41, 5.74) is 6.21. The highest BCUT2D eigenvalue weighted by atomic mass is 16.6. The quantitative estimate of drug-likeness (QED) is 0.105. The largest absolute Gasteiger partial charge is 0.483 e. The SMILES string of the molecule is CC(C)=C1CCc2ccc(cc2)C[C@H](CCc2cccc(Cc3ccccc3)c2)CC(=O)O[C@@H]2c3c(ccc4c(CO)cc(=O)oc34)OC(C)(C)[C@H]2OC1=O. The molecular weight excluding hydrogens is 693 g/mol. The normalized spacial score (nSPS) is 19.9. The Morgan fingerprint density at radius 1 is 0.782 bits per heavy atom. The van der Waals surface area contributed by atoms with Gasteiger partial charge in [-0.2, -0.15) is 0 Å². The molecular formula is C47H48O8. The van der Waals surface area contributed by atoms with Gasteiger partial charge >= 0.3 is 17.6 Å². The van der Waals surface area contributed by atoms with E-state index in [1.807, 2.05) is 19.9 Å². The number of esters is 2. The number of allylic oxidation sites excluding steroid dienone is 1. The smallest absolute Gasteiger partial charge is 0.336 e. The molecule has 4 heterocycles. The second kappa shape index (κ2) is 16.1. The maximum atomic E-state index is 14.3. The fraction of sp³-hybridized carbons (Fsp3) is 0.340. The average Bonchev–Trinajstić information content (AvgIpc) is 3.15. The Labute approximate surface area is 321 Å². The first kappa shape index (κ1) is 37.8. The van der Waals surface area contributed by atoms with Gasteiger partial charge in [0.15, 0.2) is 12.2 Å². The second-order valence-electron chi connectivity index (χ2n) is 15.6. The van der Waals surface area contributed by atoms with E-state index in [0.29, 0.717) is 41.5 Å². The summed E-state index contributed by atoms with van der Waals surface area (Å²) in [6.45, 7) is 6.93. The molecule has 0 spiro atoms. The summed E-state index contributed by atoms with van der Waals surface area (Å²) in [6, 6.07) is 32.1. The fourth-order valence-corrected chi connectivity index (χ4v) is 7.95. The van der Waals surface area contributed by atoms with Crippen LogP contribution in [-0.2, 0) is 51.4 Å². The minimum atomic E-state index is -1.17. The molecule has 3 aliphatic heterocycles. The third-order valence-corrected chi connectivity index (χ3v) is 10.9. The third kappa shape index (κ3) is 8.60. The lowest BCUT2D eigenvalue weighted by Crippen LogP contribution is -2.52. The Morgan fingerprint density at radius 3 is 2.25 bits per heavy atom. The number of fused-ring (bicyclic) bond motifs is 13. The number of rotatable bonds is 6. The molecule has 0 fully saturated rings. The molecule has 1 N–H and O–H groups in total. The predicted molar refractivity (Wildman–Crippen MR) is 211 cm³/mol. The maximum absolute atomic E-state index is 14.3. The van der Waals surface area contributed by atoms with Crippen molar-refractivity contribution in [1.29, 1.82) is 0 Å². The Hall–Kier alpha value is -5.47. The highest BCUT2D eigenvalue weighted by molar-refractivity contribution is 5.90. The zero-order valence-electron chi connectivity index (χ0n) is 31.9. The van der Waals surface area contributed by atoms with Crippen LogP contribution in [0.15, 0.2) is 117 Å². The number of hydrogen-bond donors (Lipinski definition) is 1. The van der Waals surface area contributed by atoms with Gasteiger partial charge in [0.25, 0.3) is 0 Å². The van der Waals surface area contributed by atoms with Gasteiger partial charge in [0.1, 0.15) is 16.9 Å². The molecule has 2 bridgehead atoms. The third-order valence-electron chi connectivity index (χ3n) is 10.9. The molecule has 1 aromatic heterocycles. The predicted octanol–water partition coefficient (Wildman–Crippen LogP) is 8.71. The van der Waals surface area contributed by atoms with Crippen molar-refractivity contribution in [3.05, 3.63) is 158 Å². The van der Waals surface area contributed by atoms with Crippen LogP contribution >= 0.6 is 0 Å². The first-order valence-electron chi connectivity index (χ1n) is 19.1. The van der Waals surface area contributed by atoms with Crippen LogP contribution in [0.5, 0.6) is 5.75 Å². The monoisotopic (exact) mass is 740 g/mol. The molecule has 8 heteroatoms. The van der Waals surface area contributed by atoms with Crippen molar-refractivity contribution in [3.63, 3.8) is 0 Å². The van der Waals surface area contributed by atoms with Crippen LogP contribution in [-0.4, -0.2) is 28.8 Å². The van der Waals surface area contributed by atoms with E-state index in [4.69, 9.17) is 18.6 Å². The topological polar surface area (TPSA) is 112 Å². The zero-order valence-corrected chi connectivity index (χ0v) is 31.9. The zero-order chi connectivity index (χ0) is 38.7. The number of ether oxygens (including phenoxy) is 3. The van der Waals surface area contributed by atoms with E-state index in [1.54, 1.807) is 26.0 Å². The summed E-state index contributed by atoms with van der Waals surface area (Å²) >= 11 is 0. The van der Waals surface area contributed by atoms with Gasteiger partial charge in [0.05, 0.1) is 12.2 Å². The van der Waals surface area contributed by atoms with Gasteiger partial charge in [-0.25, -0.2) is 9.59 Å². The number of benzene rings is 4. The fourth-order valence-electron chi connectivity index (χ4n) is 7.95. The molecule has 0 unspecified atom stereocenters. The van der Waals surface area contributed by atoms with E-state index in [1.165, 1.54) is 22.8 Å². The standard InChI is InChI=1S/C47H48O8/c1-29(2)37-20-19-30-13-15-33(16-14-30)25-35(18-17-32-11-8-12-34(24-32)23-31-9-6-5-7-10-31)26-40(49)53-44-42-39(55-47(3,4)45(44)54-46(37)51)22-21-38-36(28-48)27-41(50)52-43(38)42/h5-16,21-22,24,27,35,44-45,48H,17-20,23,25-26,28H2,1-4H3/t35-,44+,45-/m0/s1. The summed E-state index contributed by atoms with van der Waals surface area (Å²) in [6.07, 6.45) is 1.96. The summed E-state index contributed by atoms with van der Waals surface area (Å²) in [5.74, 6) is -0.730. The average molecular weight is 741 g/mol. The van der Waals surface area contributed by atoms with Crippen molar-refractivity contribution in [1.82, 2.24) is 0 Å². The van der Waals surface area contributed by atoms with E-state index < -0.39 is 42.0 Å². The van der Waals surface area contributed by atoms with Crippen molar-refractivity contribution in [2.24, 2.45) is 5.92 Å². The number of carbonyl (C=O) groups is 2. The van der Waals surface area contributed by atoms with Gasteiger partial charge < -0.3 is 23.7 Å². The Bertz CT molecular complexity index is 2280. The molecule has 0 amide bonds. The van der Waals surface area contributed by atoms with E-state index in [2.05, 4.69) is 72.8 Å². The van der Waals surface area contributed by atoms with Gasteiger partial charge in [-0.3, -0.25) is 4.79 Å². The molecule has 4 aromatic carbocycles. The van der Waals surface area contributed by atoms with Gasteiger partial charge in [-0.05, 0) is 118 Å². The van der Waals surface area contributed by atoms with E-state index >= 15 is 0 Å². The van der Waals surface area contributed by atoms with E-state index in [9.17, 15) is 19.5 Å². The number of carbonyl (C=O) groups excluding carboxylic acids is 2. The summed E-state index contributed by atoms with van der Waals surface area (Å²) < 4.78 is 25.0. The van der Waals surface area contributed by atoms with Crippen molar-refractivity contribution < 1.29 is 33.3 Å². The van der Waals surface area contributed by atoms with Crippen molar-refractivity contribution in [3.8, 4) is 5.75 Å². The molecule has 0 aliphatic carbocycles. The summed E-state index contributed by atoms with van der Waals surface area (Å²) in [5, 5.41) is 10.6. The second-order valence-corrected chi connectivity index (χ2v) is 15.6. The lowest BCUT2D eigenvalue weighted by molar-refractivity contribution is -0.188. The highest BCUT2D eigenvalue weighted by Gasteiger charge is 2.50. The van der Waals surface area contributed by atoms with Crippen molar-refractivity contribution >= 4 is 22.9 Å². The molecule has 55 heavy (non-hydrogen) atoms. The number of aryl methyl sites for hydroxylation is 2. The van der Waals surface area contributed by atoms with Gasteiger partial charge in [0.2, 0.25) is 0 Å². The molecule has 5 aromatic rings. The van der Waals surface area contributed by atoms with Crippen LogP contribution in [0.1, 0.15) is 92.0 Å². The molecule has 8 rings (SSSR count). The Kier molecular flexibility index (Phi) is 11.1. The maximum Gasteiger partial charge on any atom is 0.336 e. The molecule has 0 saturated carbocycles. The van der Waals surface area contributed by atoms with Gasteiger partial charge in [-0.15, -0.1) is 0 Å². The van der Waals surface area contributed by atoms with Crippen molar-refractivity contribution in [2.75, 3.05) is 0 Å². The summed E-state index contributed by atoms with van der Waals surface area (Å²) in [4.78, 5) is 41.2. The number of hydrogen-bond acceptors (Lipinski definition) is 8. The van der Waals surface area contributed by atoms with Gasteiger partial charge in [0, 0.05) is 23.4 Å². The summed E-state index contributed by atoms with van der Waals surface area (Å²) in [7, 11) is 0. The van der Waals surface area contributed by atoms with Gasteiger partial charge in [-0.1, -0.05) is 84.4 Å². The van der Waals surface area contributed by atoms with E-state index in [0.717, 1.165) is 36.0 Å². The molecule has 0 saturated heterocycles. The Morgan fingerprint density at radius 2 is 1.51 bits per heavy atom. The lowest BCUT2D eigenvalue weighted by Gasteiger charge is -2.43. The van der Waals surface area contributed by atoms with Crippen LogP contribution in [0.3, 0.4) is 0 Å². The van der Waals surface area contributed by atoms with Crippen LogP contribution in [0, 0.1) is 5.92 Å². The molecule has 3 atom stereocenters. The van der Waals surface area contributed by atoms with Crippen LogP contribution in [0.25, 0.3) is 11.0 Å². The first-order valence-corrected chi connectivity index (χ1v) is 19.1. The molecule has 3 aliphatic rings. The van der Waals surface area contributed by atoms with Crippen LogP contribution in [0.2, 0.25) is 0 Å². The molecule has 8 nitrogen and oxygen atoms in total. The number of aliphatic hydroxyl groups is 1. The number of aliphatic hydroxyl groups excluding tert-OH is 1. The van der Waals surface area contributed by atoms with E-state index in [-0.39, 0.29) is 23.5 Å². The van der Waals surface area contributed by atoms with Crippen molar-refractivity contribution in [2.45, 2.75) is 97.1 Å². The minimum absolute atomic E-state index is 0.0684. The minimum Gasteiger partial charge on any atom is -0.483 e. The lowest BCUT2D eigenvalue weighted by atomic mass is 9.86. The van der Waals surface area contributed by atoms with Crippen LogP contribution < -0.4 is 10.4 Å². The van der Waals surface area contributed by atoms with Crippen LogP contribution in [0.4, 0.5) is 0 Å². The highest BCUT2D eigenvalue weighted by Crippen LogP contribution is 2.47.